The fraction of sp³-hybridized carbons (Fsp3) is 0.0588. The van der Waals surface area contributed by atoms with Gasteiger partial charge in [0.15, 0.2) is 0 Å². The maximum Gasteiger partial charge on any atom is 0.249 e. The lowest BCUT2D eigenvalue weighted by molar-refractivity contribution is -0.112. The number of pyridine rings is 2. The normalized spacial score (nSPS) is 11.4. The van der Waals surface area contributed by atoms with Gasteiger partial charge >= 0.3 is 0 Å². The Morgan fingerprint density at radius 2 is 2.17 bits per heavy atom. The summed E-state index contributed by atoms with van der Waals surface area (Å²) in [5, 5.41) is 9.10. The number of rotatable bonds is 3. The topological polar surface area (TPSA) is 97.1 Å². The fourth-order valence-corrected chi connectivity index (χ4v) is 2.31. The minimum atomic E-state index is -0.564. The van der Waals surface area contributed by atoms with E-state index in [1.807, 2.05) is 19.1 Å². The van der Waals surface area contributed by atoms with Crippen LogP contribution in [0.4, 0.5) is 0 Å². The highest BCUT2D eigenvalue weighted by Crippen LogP contribution is 2.19. The highest BCUT2D eigenvalue weighted by atomic mass is 16.1. The lowest BCUT2D eigenvalue weighted by Crippen LogP contribution is -2.13. The molecule has 112 valence electrons. The van der Waals surface area contributed by atoms with Crippen molar-refractivity contribution in [1.82, 2.24) is 14.4 Å². The van der Waals surface area contributed by atoms with Crippen LogP contribution in [0.25, 0.3) is 17.3 Å². The summed E-state index contributed by atoms with van der Waals surface area (Å²) in [5.74, 6) is -0.564. The van der Waals surface area contributed by atoms with Crippen LogP contribution < -0.4 is 5.73 Å². The van der Waals surface area contributed by atoms with E-state index in [-0.39, 0.29) is 0 Å². The van der Waals surface area contributed by atoms with E-state index >= 15 is 0 Å². The Morgan fingerprint density at radius 1 is 1.35 bits per heavy atom. The number of amides is 1. The van der Waals surface area contributed by atoms with E-state index in [1.54, 1.807) is 34.9 Å². The van der Waals surface area contributed by atoms with Crippen molar-refractivity contribution in [3.05, 3.63) is 65.4 Å². The van der Waals surface area contributed by atoms with E-state index in [9.17, 15) is 4.79 Å². The largest absolute Gasteiger partial charge is 0.366 e. The standard InChI is InChI=1S/C17H13N5O/c1-11-3-2-4-13(21-11)7-15(17(19)23)12-5-6-16-20-9-14(8-18)22(16)10-12/h2-7,9-10H,1H3,(H2,19,23)/b15-7+. The first-order chi connectivity index (χ1) is 11.1. The minimum Gasteiger partial charge on any atom is -0.366 e. The molecule has 0 radical (unpaired) electrons. The molecule has 6 heteroatoms. The van der Waals surface area contributed by atoms with Crippen molar-refractivity contribution in [1.29, 1.82) is 5.26 Å². The van der Waals surface area contributed by atoms with Gasteiger partial charge in [-0.05, 0) is 37.3 Å². The number of hydrogen-bond acceptors (Lipinski definition) is 4. The second-order valence-corrected chi connectivity index (χ2v) is 5.03. The molecule has 0 aliphatic carbocycles. The Kier molecular flexibility index (Phi) is 3.61. The van der Waals surface area contributed by atoms with Gasteiger partial charge in [0, 0.05) is 23.0 Å². The molecule has 3 aromatic heterocycles. The van der Waals surface area contributed by atoms with E-state index in [4.69, 9.17) is 11.0 Å². The molecule has 0 aromatic carbocycles. The molecule has 1 amide bonds. The van der Waals surface area contributed by atoms with Crippen molar-refractivity contribution in [2.24, 2.45) is 5.73 Å². The third-order valence-corrected chi connectivity index (χ3v) is 3.40. The summed E-state index contributed by atoms with van der Waals surface area (Å²) in [6.07, 6.45) is 4.79. The number of nitriles is 1. The fourth-order valence-electron chi connectivity index (χ4n) is 2.31. The van der Waals surface area contributed by atoms with E-state index in [2.05, 4.69) is 16.0 Å². The first-order valence-electron chi connectivity index (χ1n) is 6.91. The highest BCUT2D eigenvalue weighted by Gasteiger charge is 2.11. The van der Waals surface area contributed by atoms with E-state index in [0.717, 1.165) is 5.69 Å². The lowest BCUT2D eigenvalue weighted by Gasteiger charge is -2.06. The van der Waals surface area contributed by atoms with Gasteiger partial charge in [-0.2, -0.15) is 5.26 Å². The maximum atomic E-state index is 11.9. The summed E-state index contributed by atoms with van der Waals surface area (Å²) in [5.41, 5.74) is 8.95. The molecule has 0 fully saturated rings. The van der Waals surface area contributed by atoms with Gasteiger partial charge in [-0.3, -0.25) is 14.2 Å². The molecule has 0 aliphatic heterocycles. The summed E-state index contributed by atoms with van der Waals surface area (Å²) in [4.78, 5) is 20.3. The van der Waals surface area contributed by atoms with Crippen LogP contribution in [0.2, 0.25) is 0 Å². The molecule has 0 spiro atoms. The van der Waals surface area contributed by atoms with E-state index in [0.29, 0.717) is 28.2 Å². The minimum absolute atomic E-state index is 0.322. The summed E-state index contributed by atoms with van der Waals surface area (Å²) >= 11 is 0. The third kappa shape index (κ3) is 2.80. The molecule has 3 rings (SSSR count). The second-order valence-electron chi connectivity index (χ2n) is 5.03. The molecular weight excluding hydrogens is 290 g/mol. The average molecular weight is 303 g/mol. The molecule has 0 aliphatic rings. The first kappa shape index (κ1) is 14.5. The van der Waals surface area contributed by atoms with Gasteiger partial charge < -0.3 is 5.73 Å². The number of aromatic nitrogens is 3. The van der Waals surface area contributed by atoms with Crippen LogP contribution >= 0.6 is 0 Å². The Bertz CT molecular complexity index is 978. The Morgan fingerprint density at radius 3 is 2.87 bits per heavy atom. The van der Waals surface area contributed by atoms with Crippen LogP contribution in [0.5, 0.6) is 0 Å². The number of fused-ring (bicyclic) bond motifs is 1. The van der Waals surface area contributed by atoms with Gasteiger partial charge in [0.25, 0.3) is 0 Å². The number of nitrogens with zero attached hydrogens (tertiary/aromatic N) is 4. The van der Waals surface area contributed by atoms with Crippen LogP contribution in [0.1, 0.15) is 22.6 Å². The Labute approximate surface area is 132 Å². The number of carbonyl (C=O) groups excluding carboxylic acids is 1. The molecule has 0 unspecified atom stereocenters. The van der Waals surface area contributed by atoms with Crippen LogP contribution in [0.15, 0.2) is 42.7 Å². The molecular formula is C17H13N5O. The highest BCUT2D eigenvalue weighted by molar-refractivity contribution is 6.23. The summed E-state index contributed by atoms with van der Waals surface area (Å²) in [6, 6.07) is 11.1. The molecule has 0 atom stereocenters. The Hall–Kier alpha value is -3.46. The van der Waals surface area contributed by atoms with Crippen LogP contribution in [-0.4, -0.2) is 20.3 Å². The number of nitrogens with two attached hydrogens (primary N) is 1. The van der Waals surface area contributed by atoms with Gasteiger partial charge in [0.1, 0.15) is 17.4 Å². The molecule has 2 N–H and O–H groups in total. The van der Waals surface area contributed by atoms with Gasteiger partial charge in [-0.15, -0.1) is 0 Å². The van der Waals surface area contributed by atoms with Crippen molar-refractivity contribution < 1.29 is 4.79 Å². The lowest BCUT2D eigenvalue weighted by atomic mass is 10.1. The van der Waals surface area contributed by atoms with Crippen LogP contribution in [-0.2, 0) is 4.79 Å². The van der Waals surface area contributed by atoms with E-state index in [1.165, 1.54) is 6.20 Å². The van der Waals surface area contributed by atoms with Crippen molar-refractivity contribution in [3.8, 4) is 6.07 Å². The zero-order chi connectivity index (χ0) is 16.4. The SMILES string of the molecule is Cc1cccc(/C=C(/C(N)=O)c2ccc3ncc(C#N)n3c2)n1. The maximum absolute atomic E-state index is 11.9. The molecule has 3 aromatic rings. The van der Waals surface area contributed by atoms with Gasteiger partial charge in [0.05, 0.1) is 11.9 Å². The monoisotopic (exact) mass is 303 g/mol. The zero-order valence-corrected chi connectivity index (χ0v) is 12.4. The van der Waals surface area contributed by atoms with Crippen molar-refractivity contribution in [2.45, 2.75) is 6.92 Å². The third-order valence-electron chi connectivity index (χ3n) is 3.40. The average Bonchev–Trinajstić information content (AvgIpc) is 2.94. The molecule has 3 heterocycles. The van der Waals surface area contributed by atoms with Crippen LogP contribution in [0.3, 0.4) is 0 Å². The van der Waals surface area contributed by atoms with E-state index < -0.39 is 5.91 Å². The second kappa shape index (κ2) is 5.73. The van der Waals surface area contributed by atoms with Crippen LogP contribution in [0, 0.1) is 18.3 Å². The Balaban J connectivity index is 2.15. The number of hydrogen-bond donors (Lipinski definition) is 1. The summed E-state index contributed by atoms with van der Waals surface area (Å²) in [6.45, 7) is 1.87. The quantitative estimate of drug-likeness (QED) is 0.748. The molecule has 0 bridgehead atoms. The predicted octanol–water partition coefficient (Wildman–Crippen LogP) is 1.94. The molecule has 0 saturated carbocycles. The number of imidazole rings is 1. The van der Waals surface area contributed by atoms with Crippen molar-refractivity contribution in [2.75, 3.05) is 0 Å². The number of primary amides is 1. The zero-order valence-electron chi connectivity index (χ0n) is 12.4. The molecule has 23 heavy (non-hydrogen) atoms. The molecule has 6 nitrogen and oxygen atoms in total. The van der Waals surface area contributed by atoms with Gasteiger partial charge in [-0.25, -0.2) is 4.98 Å². The summed E-state index contributed by atoms with van der Waals surface area (Å²) in [7, 11) is 0. The predicted molar refractivity (Wildman–Crippen MR) is 85.9 cm³/mol. The van der Waals surface area contributed by atoms with Crippen molar-refractivity contribution in [3.63, 3.8) is 0 Å². The van der Waals surface area contributed by atoms with Crippen molar-refractivity contribution >= 4 is 23.2 Å². The van der Waals surface area contributed by atoms with Gasteiger partial charge in [-0.1, -0.05) is 6.07 Å². The summed E-state index contributed by atoms with van der Waals surface area (Å²) < 4.78 is 1.62. The molecule has 0 saturated heterocycles. The number of carbonyl (C=O) groups is 1. The van der Waals surface area contributed by atoms with Gasteiger partial charge in [0.2, 0.25) is 5.91 Å². The first-order valence-corrected chi connectivity index (χ1v) is 6.91. The smallest absolute Gasteiger partial charge is 0.249 e. The number of aryl methyl sites for hydroxylation is 1.